The molecule has 0 N–H and O–H groups in total. The van der Waals surface area contributed by atoms with Crippen molar-refractivity contribution in [2.75, 3.05) is 32.7 Å². The summed E-state index contributed by atoms with van der Waals surface area (Å²) in [6, 6.07) is 9.71. The molecule has 0 aliphatic carbocycles. The fraction of sp³-hybridized carbons (Fsp3) is 0.350. The van der Waals surface area contributed by atoms with E-state index in [1.165, 1.54) is 16.6 Å². The molecule has 11 nitrogen and oxygen atoms in total. The molecule has 1 aliphatic heterocycles. The number of hydrogen-bond donors (Lipinski definition) is 0. The second kappa shape index (κ2) is 8.56. The summed E-state index contributed by atoms with van der Waals surface area (Å²) >= 11 is 0. The predicted octanol–water partition coefficient (Wildman–Crippen LogP) is 0.523. The third-order valence-corrected chi connectivity index (χ3v) is 5.51. The molecule has 1 aromatic carbocycles. The fourth-order valence-corrected chi connectivity index (χ4v) is 3.69. The lowest BCUT2D eigenvalue weighted by Crippen LogP contribution is -2.49. The number of aromatic nitrogens is 7. The molecule has 1 aliphatic rings. The highest BCUT2D eigenvalue weighted by atomic mass is 16.6. The zero-order chi connectivity index (χ0) is 21.0. The Hall–Kier alpha value is -3.73. The average Bonchev–Trinajstić information content (AvgIpc) is 3.50. The van der Waals surface area contributed by atoms with Crippen molar-refractivity contribution in [2.45, 2.75) is 12.8 Å². The Labute approximate surface area is 177 Å². The van der Waals surface area contributed by atoms with Crippen LogP contribution >= 0.6 is 0 Å². The predicted molar refractivity (Wildman–Crippen MR) is 109 cm³/mol. The normalized spacial score (nSPS) is 14.9. The molecule has 5 rings (SSSR count). The average molecular weight is 419 g/mol. The molecule has 3 aromatic heterocycles. The fourth-order valence-electron chi connectivity index (χ4n) is 3.69. The largest absolute Gasteiger partial charge is 0.340 e. The van der Waals surface area contributed by atoms with Crippen molar-refractivity contribution in [3.8, 4) is 5.69 Å². The van der Waals surface area contributed by atoms with Gasteiger partial charge in [0.2, 0.25) is 5.91 Å². The summed E-state index contributed by atoms with van der Waals surface area (Å²) in [5.41, 5.74) is 4.26. The molecule has 0 spiro atoms. The van der Waals surface area contributed by atoms with Crippen molar-refractivity contribution in [2.24, 2.45) is 0 Å². The van der Waals surface area contributed by atoms with Gasteiger partial charge in [0, 0.05) is 38.4 Å². The van der Waals surface area contributed by atoms with Gasteiger partial charge in [-0.1, -0.05) is 6.07 Å². The van der Waals surface area contributed by atoms with E-state index in [1.54, 1.807) is 6.20 Å². The zero-order valence-electron chi connectivity index (χ0n) is 16.8. The van der Waals surface area contributed by atoms with Crippen LogP contribution in [0.25, 0.3) is 16.7 Å². The van der Waals surface area contributed by atoms with Gasteiger partial charge in [0.1, 0.15) is 17.4 Å². The molecule has 0 saturated carbocycles. The van der Waals surface area contributed by atoms with E-state index in [0.717, 1.165) is 61.6 Å². The molecule has 4 aromatic rings. The number of piperazine rings is 1. The first kappa shape index (κ1) is 19.2. The molecule has 1 fully saturated rings. The molecule has 31 heavy (non-hydrogen) atoms. The Balaban J connectivity index is 1.09. The van der Waals surface area contributed by atoms with E-state index in [9.17, 15) is 4.79 Å². The van der Waals surface area contributed by atoms with Gasteiger partial charge in [-0.15, -0.1) is 5.10 Å². The van der Waals surface area contributed by atoms with Crippen LogP contribution in [0.4, 0.5) is 0 Å². The summed E-state index contributed by atoms with van der Waals surface area (Å²) in [5.74, 6) is 0.103. The maximum atomic E-state index is 12.7. The van der Waals surface area contributed by atoms with Crippen LogP contribution in [0.2, 0.25) is 0 Å². The number of nitrogens with zero attached hydrogens (tertiary/aromatic N) is 9. The van der Waals surface area contributed by atoms with E-state index >= 15 is 0 Å². The van der Waals surface area contributed by atoms with Crippen LogP contribution in [0.3, 0.4) is 0 Å². The molecule has 0 atom stereocenters. The highest BCUT2D eigenvalue weighted by Gasteiger charge is 2.21. The number of amides is 1. The molecule has 0 radical (unpaired) electrons. The summed E-state index contributed by atoms with van der Waals surface area (Å²) in [6.45, 7) is 4.14. The number of carbonyl (C=O) groups excluding carboxylic acids is 1. The third-order valence-electron chi connectivity index (χ3n) is 5.51. The van der Waals surface area contributed by atoms with Crippen molar-refractivity contribution in [3.63, 3.8) is 0 Å². The van der Waals surface area contributed by atoms with E-state index in [-0.39, 0.29) is 5.91 Å². The Kier molecular flexibility index (Phi) is 5.31. The van der Waals surface area contributed by atoms with Crippen LogP contribution in [-0.2, 0) is 17.6 Å². The van der Waals surface area contributed by atoms with Gasteiger partial charge in [0.15, 0.2) is 0 Å². The molecule has 1 amide bonds. The summed E-state index contributed by atoms with van der Waals surface area (Å²) < 4.78 is 6.28. The number of hydrogen-bond acceptors (Lipinski definition) is 9. The smallest absolute Gasteiger partial charge is 0.228 e. The Morgan fingerprint density at radius 2 is 1.90 bits per heavy atom. The molecule has 11 heteroatoms. The molecular weight excluding hydrogens is 398 g/mol. The highest BCUT2D eigenvalue weighted by Crippen LogP contribution is 2.13. The lowest BCUT2D eigenvalue weighted by Gasteiger charge is -2.34. The van der Waals surface area contributed by atoms with Gasteiger partial charge in [-0.3, -0.25) is 14.7 Å². The number of pyridine rings is 1. The Morgan fingerprint density at radius 1 is 1.03 bits per heavy atom. The summed E-state index contributed by atoms with van der Waals surface area (Å²) in [7, 11) is 0. The number of tetrazole rings is 1. The molecule has 1 saturated heterocycles. The van der Waals surface area contributed by atoms with Crippen LogP contribution in [0.1, 0.15) is 11.3 Å². The maximum Gasteiger partial charge on any atom is 0.228 e. The second-order valence-electron chi connectivity index (χ2n) is 7.50. The monoisotopic (exact) mass is 419 g/mol. The number of carbonyl (C=O) groups is 1. The van der Waals surface area contributed by atoms with E-state index < -0.39 is 0 Å². The summed E-state index contributed by atoms with van der Waals surface area (Å²) in [5, 5.41) is 18.8. The van der Waals surface area contributed by atoms with Crippen molar-refractivity contribution >= 4 is 16.9 Å². The van der Waals surface area contributed by atoms with E-state index in [1.807, 2.05) is 29.2 Å². The summed E-state index contributed by atoms with van der Waals surface area (Å²) in [4.78, 5) is 21.3. The topological polar surface area (TPSA) is 119 Å². The third kappa shape index (κ3) is 4.40. The van der Waals surface area contributed by atoms with Crippen LogP contribution in [0, 0.1) is 0 Å². The molecule has 0 unspecified atom stereocenters. The van der Waals surface area contributed by atoms with Gasteiger partial charge in [-0.2, -0.15) is 4.68 Å². The quantitative estimate of drug-likeness (QED) is 0.441. The summed E-state index contributed by atoms with van der Waals surface area (Å²) in [6.07, 6.45) is 4.39. The lowest BCUT2D eigenvalue weighted by molar-refractivity contribution is -0.132. The second-order valence-corrected chi connectivity index (χ2v) is 7.50. The van der Waals surface area contributed by atoms with Crippen LogP contribution in [-0.4, -0.2) is 83.9 Å². The minimum atomic E-state index is 0.103. The zero-order valence-corrected chi connectivity index (χ0v) is 16.8. The van der Waals surface area contributed by atoms with Crippen molar-refractivity contribution < 1.29 is 9.42 Å². The number of rotatable bonds is 6. The van der Waals surface area contributed by atoms with Gasteiger partial charge < -0.3 is 4.90 Å². The van der Waals surface area contributed by atoms with Crippen molar-refractivity contribution in [3.05, 3.63) is 54.1 Å². The maximum absolute atomic E-state index is 12.7. The SMILES string of the molecule is O=C(Cc1ccc(-n2cnnn2)cn1)N1CCN(CCc2ccc3nonc3c2)CC1. The number of benzene rings is 1. The van der Waals surface area contributed by atoms with Crippen LogP contribution < -0.4 is 0 Å². The first-order chi connectivity index (χ1) is 15.2. The van der Waals surface area contributed by atoms with E-state index in [4.69, 9.17) is 4.63 Å². The number of fused-ring (bicyclic) bond motifs is 1. The molecule has 158 valence electrons. The highest BCUT2D eigenvalue weighted by molar-refractivity contribution is 5.78. The standard InChI is InChI=1S/C20H21N9O2/c30-20(12-16-2-3-17(13-21-16)29-14-22-25-26-29)28-9-7-27(8-10-28)6-5-15-1-4-18-19(11-15)24-31-23-18/h1-4,11,13-14H,5-10,12H2. The van der Waals surface area contributed by atoms with Crippen molar-refractivity contribution in [1.29, 1.82) is 0 Å². The lowest BCUT2D eigenvalue weighted by atomic mass is 10.1. The molecular formula is C20H21N9O2. The van der Waals surface area contributed by atoms with Gasteiger partial charge in [0.05, 0.1) is 18.3 Å². The first-order valence-electron chi connectivity index (χ1n) is 10.1. The van der Waals surface area contributed by atoms with Crippen molar-refractivity contribution in [1.82, 2.24) is 45.3 Å². The van der Waals surface area contributed by atoms with E-state index in [2.05, 4.69) is 41.8 Å². The minimum Gasteiger partial charge on any atom is -0.340 e. The van der Waals surface area contributed by atoms with Gasteiger partial charge in [0.25, 0.3) is 0 Å². The Morgan fingerprint density at radius 3 is 2.68 bits per heavy atom. The minimum absolute atomic E-state index is 0.103. The first-order valence-corrected chi connectivity index (χ1v) is 10.1. The van der Waals surface area contributed by atoms with E-state index in [0.29, 0.717) is 6.42 Å². The molecule has 0 bridgehead atoms. The van der Waals surface area contributed by atoms with Gasteiger partial charge in [-0.25, -0.2) is 4.63 Å². The Bertz CT molecular complexity index is 1150. The van der Waals surface area contributed by atoms with Gasteiger partial charge >= 0.3 is 0 Å². The van der Waals surface area contributed by atoms with Gasteiger partial charge in [-0.05, 0) is 57.0 Å². The van der Waals surface area contributed by atoms with Crippen LogP contribution in [0.5, 0.6) is 0 Å². The molecule has 4 heterocycles. The van der Waals surface area contributed by atoms with Crippen LogP contribution in [0.15, 0.2) is 47.5 Å².